The van der Waals surface area contributed by atoms with Gasteiger partial charge in [0.1, 0.15) is 5.82 Å². The summed E-state index contributed by atoms with van der Waals surface area (Å²) < 4.78 is 19.9. The fraction of sp³-hybridized carbons (Fsp3) is 0.391. The van der Waals surface area contributed by atoms with Crippen molar-refractivity contribution in [3.63, 3.8) is 0 Å². The summed E-state index contributed by atoms with van der Waals surface area (Å²) in [5.74, 6) is 0.539. The molecule has 0 aliphatic carbocycles. The molecule has 2 heterocycles. The van der Waals surface area contributed by atoms with E-state index in [1.165, 1.54) is 23.5 Å². The number of morpholine rings is 1. The van der Waals surface area contributed by atoms with Crippen molar-refractivity contribution < 1.29 is 13.9 Å². The number of aromatic nitrogens is 1. The molecule has 164 valence electrons. The minimum Gasteiger partial charge on any atom is -0.379 e. The van der Waals surface area contributed by atoms with E-state index in [0.717, 1.165) is 54.6 Å². The number of thiazole rings is 1. The van der Waals surface area contributed by atoms with E-state index in [1.54, 1.807) is 22.7 Å². The maximum atomic E-state index is 13.7. The van der Waals surface area contributed by atoms with Crippen LogP contribution in [0.15, 0.2) is 47.4 Å². The van der Waals surface area contributed by atoms with Gasteiger partial charge in [-0.3, -0.25) is 14.6 Å². The lowest BCUT2D eigenvalue weighted by Gasteiger charge is -2.28. The predicted molar refractivity (Wildman–Crippen MR) is 126 cm³/mol. The molecule has 0 N–H and O–H groups in total. The monoisotopic (exact) mass is 459 g/mol. The van der Waals surface area contributed by atoms with Crippen LogP contribution in [0.3, 0.4) is 0 Å². The number of carbonyl (C=O) groups is 1. The third kappa shape index (κ3) is 5.44. The molecular formula is C23H26FN3O2S2. The van der Waals surface area contributed by atoms with Crippen molar-refractivity contribution in [1.29, 1.82) is 0 Å². The van der Waals surface area contributed by atoms with Crippen molar-refractivity contribution in [2.75, 3.05) is 50.0 Å². The van der Waals surface area contributed by atoms with Gasteiger partial charge in [-0.25, -0.2) is 9.37 Å². The van der Waals surface area contributed by atoms with Crippen LogP contribution < -0.4 is 4.90 Å². The quantitative estimate of drug-likeness (QED) is 0.448. The lowest BCUT2D eigenvalue weighted by atomic mass is 10.2. The van der Waals surface area contributed by atoms with Crippen LogP contribution in [0.25, 0.3) is 10.2 Å². The van der Waals surface area contributed by atoms with E-state index < -0.39 is 0 Å². The Labute approximate surface area is 190 Å². The normalized spacial score (nSPS) is 14.8. The number of nitrogens with zero attached hydrogens (tertiary/aromatic N) is 3. The molecule has 1 aliphatic heterocycles. The average Bonchev–Trinajstić information content (AvgIpc) is 3.20. The fourth-order valence-electron chi connectivity index (χ4n) is 3.63. The van der Waals surface area contributed by atoms with Gasteiger partial charge in [0.15, 0.2) is 5.13 Å². The first kappa shape index (κ1) is 22.2. The maximum absolute atomic E-state index is 13.7. The first-order valence-corrected chi connectivity index (χ1v) is 12.4. The van der Waals surface area contributed by atoms with Crippen LogP contribution in [0.5, 0.6) is 0 Å². The second kappa shape index (κ2) is 10.5. The highest BCUT2D eigenvalue weighted by Crippen LogP contribution is 2.32. The van der Waals surface area contributed by atoms with Gasteiger partial charge in [0.2, 0.25) is 0 Å². The molecule has 1 aliphatic rings. The van der Waals surface area contributed by atoms with E-state index in [9.17, 15) is 9.18 Å². The lowest BCUT2D eigenvalue weighted by Crippen LogP contribution is -2.39. The molecule has 31 heavy (non-hydrogen) atoms. The van der Waals surface area contributed by atoms with Crippen LogP contribution in [-0.2, 0) is 4.74 Å². The van der Waals surface area contributed by atoms with Crippen LogP contribution >= 0.6 is 23.1 Å². The Morgan fingerprint density at radius 2 is 2.06 bits per heavy atom. The molecule has 2 aromatic carbocycles. The number of hydrogen-bond acceptors (Lipinski definition) is 6. The summed E-state index contributed by atoms with van der Waals surface area (Å²) >= 11 is 3.02. The van der Waals surface area contributed by atoms with Gasteiger partial charge in [-0.15, -0.1) is 11.8 Å². The molecule has 0 saturated carbocycles. The Morgan fingerprint density at radius 1 is 1.26 bits per heavy atom. The summed E-state index contributed by atoms with van der Waals surface area (Å²) in [7, 11) is 0. The first-order chi connectivity index (χ1) is 15.2. The highest BCUT2D eigenvalue weighted by Gasteiger charge is 2.24. The zero-order valence-corrected chi connectivity index (χ0v) is 19.2. The second-order valence-electron chi connectivity index (χ2n) is 7.30. The zero-order chi connectivity index (χ0) is 21.6. The number of anilines is 1. The fourth-order valence-corrected chi connectivity index (χ4v) is 5.44. The number of rotatable bonds is 8. The smallest absolute Gasteiger partial charge is 0.261 e. The molecule has 0 spiro atoms. The molecule has 0 atom stereocenters. The minimum atomic E-state index is -0.294. The molecule has 8 heteroatoms. The molecule has 0 bridgehead atoms. The Balaban J connectivity index is 1.60. The molecule has 1 fully saturated rings. The topological polar surface area (TPSA) is 45.7 Å². The van der Waals surface area contributed by atoms with E-state index in [0.29, 0.717) is 22.8 Å². The van der Waals surface area contributed by atoms with Crippen LogP contribution in [0.4, 0.5) is 9.52 Å². The van der Waals surface area contributed by atoms with Crippen LogP contribution in [0.2, 0.25) is 0 Å². The van der Waals surface area contributed by atoms with E-state index in [4.69, 9.17) is 4.74 Å². The largest absolute Gasteiger partial charge is 0.379 e. The third-order valence-corrected chi connectivity index (χ3v) is 7.19. The standard InChI is InChI=1S/C23H26FN3O2S2/c1-2-30-20-7-4-3-6-18(20)22(28)27(11-5-10-26-12-14-29-15-13-26)23-25-19-9-8-17(24)16-21(19)31-23/h3-4,6-9,16H,2,5,10-15H2,1H3. The van der Waals surface area contributed by atoms with Crippen molar-refractivity contribution in [3.8, 4) is 0 Å². The second-order valence-corrected chi connectivity index (χ2v) is 9.62. The van der Waals surface area contributed by atoms with E-state index in [-0.39, 0.29) is 11.7 Å². The summed E-state index contributed by atoms with van der Waals surface area (Å²) in [4.78, 5) is 23.4. The van der Waals surface area contributed by atoms with Gasteiger partial charge in [0.25, 0.3) is 5.91 Å². The van der Waals surface area contributed by atoms with Crippen molar-refractivity contribution in [2.45, 2.75) is 18.2 Å². The molecule has 1 amide bonds. The number of benzene rings is 2. The van der Waals surface area contributed by atoms with Gasteiger partial charge >= 0.3 is 0 Å². The summed E-state index contributed by atoms with van der Waals surface area (Å²) in [6.07, 6.45) is 0.832. The van der Waals surface area contributed by atoms with E-state index in [2.05, 4.69) is 16.8 Å². The third-order valence-electron chi connectivity index (χ3n) is 5.19. The molecule has 1 aromatic heterocycles. The molecule has 0 unspecified atom stereocenters. The average molecular weight is 460 g/mol. The van der Waals surface area contributed by atoms with Gasteiger partial charge in [-0.2, -0.15) is 0 Å². The van der Waals surface area contributed by atoms with Crippen LogP contribution in [0.1, 0.15) is 23.7 Å². The van der Waals surface area contributed by atoms with Gasteiger partial charge in [-0.05, 0) is 42.5 Å². The first-order valence-electron chi connectivity index (χ1n) is 10.6. The summed E-state index contributed by atoms with van der Waals surface area (Å²) in [6.45, 7) is 6.89. The SMILES string of the molecule is CCSc1ccccc1C(=O)N(CCCN1CCOCC1)c1nc2ccc(F)cc2s1. The number of ether oxygens (including phenoxy) is 1. The number of amides is 1. The Kier molecular flexibility index (Phi) is 7.55. The molecular weight excluding hydrogens is 433 g/mol. The highest BCUT2D eigenvalue weighted by atomic mass is 32.2. The van der Waals surface area contributed by atoms with Gasteiger partial charge in [0.05, 0.1) is 29.0 Å². The Hall–Kier alpha value is -2.00. The number of hydrogen-bond donors (Lipinski definition) is 0. The van der Waals surface area contributed by atoms with Gasteiger partial charge in [-0.1, -0.05) is 30.4 Å². The van der Waals surface area contributed by atoms with Crippen molar-refractivity contribution in [3.05, 3.63) is 53.8 Å². The van der Waals surface area contributed by atoms with Crippen molar-refractivity contribution in [2.24, 2.45) is 0 Å². The summed E-state index contributed by atoms with van der Waals surface area (Å²) in [6, 6.07) is 12.3. The minimum absolute atomic E-state index is 0.0574. The Bertz CT molecular complexity index is 1040. The lowest BCUT2D eigenvalue weighted by molar-refractivity contribution is 0.0376. The van der Waals surface area contributed by atoms with Crippen molar-refractivity contribution in [1.82, 2.24) is 9.88 Å². The van der Waals surface area contributed by atoms with E-state index >= 15 is 0 Å². The number of fused-ring (bicyclic) bond motifs is 1. The number of halogens is 1. The number of carbonyl (C=O) groups excluding carboxylic acids is 1. The molecule has 1 saturated heterocycles. The summed E-state index contributed by atoms with van der Waals surface area (Å²) in [5, 5.41) is 0.615. The van der Waals surface area contributed by atoms with Gasteiger partial charge in [0, 0.05) is 31.1 Å². The molecule has 3 aromatic rings. The molecule has 4 rings (SSSR count). The predicted octanol–water partition coefficient (Wildman–Crippen LogP) is 4.92. The van der Waals surface area contributed by atoms with Gasteiger partial charge < -0.3 is 4.74 Å². The summed E-state index contributed by atoms with van der Waals surface area (Å²) in [5.41, 5.74) is 1.40. The highest BCUT2D eigenvalue weighted by molar-refractivity contribution is 7.99. The molecule has 0 radical (unpaired) electrons. The van der Waals surface area contributed by atoms with E-state index in [1.807, 2.05) is 24.3 Å². The van der Waals surface area contributed by atoms with Crippen LogP contribution in [0, 0.1) is 5.82 Å². The Morgan fingerprint density at radius 3 is 2.87 bits per heavy atom. The number of thioether (sulfide) groups is 1. The zero-order valence-electron chi connectivity index (χ0n) is 17.6. The maximum Gasteiger partial charge on any atom is 0.261 e. The molecule has 5 nitrogen and oxygen atoms in total. The van der Waals surface area contributed by atoms with Crippen molar-refractivity contribution >= 4 is 44.4 Å². The van der Waals surface area contributed by atoms with Crippen LogP contribution in [-0.4, -0.2) is 60.9 Å².